The molecule has 3 nitrogen and oxygen atoms in total. The lowest BCUT2D eigenvalue weighted by Gasteiger charge is -2.33. The Bertz CT molecular complexity index is 421. The van der Waals surface area contributed by atoms with Gasteiger partial charge in [0.2, 0.25) is 0 Å². The normalized spacial score (nSPS) is 28.9. The molecule has 1 aromatic rings. The van der Waals surface area contributed by atoms with Gasteiger partial charge in [0.15, 0.2) is 0 Å². The molecule has 0 aromatic heterocycles. The number of rotatable bonds is 3. The maximum absolute atomic E-state index is 6.06. The van der Waals surface area contributed by atoms with Crippen LogP contribution < -0.4 is 5.73 Å². The van der Waals surface area contributed by atoms with Crippen LogP contribution in [0.1, 0.15) is 30.9 Å². The molecular formula is C17H26N2O. The summed E-state index contributed by atoms with van der Waals surface area (Å²) in [5.41, 5.74) is 9.08. The van der Waals surface area contributed by atoms with Crippen molar-refractivity contribution in [2.75, 3.05) is 19.6 Å². The average Bonchev–Trinajstić information content (AvgIpc) is 2.77. The van der Waals surface area contributed by atoms with E-state index in [0.29, 0.717) is 24.8 Å². The van der Waals surface area contributed by atoms with Crippen molar-refractivity contribution in [3.05, 3.63) is 35.4 Å². The van der Waals surface area contributed by atoms with E-state index < -0.39 is 0 Å². The van der Waals surface area contributed by atoms with Crippen LogP contribution in [0.4, 0.5) is 0 Å². The number of hydrogen-bond acceptors (Lipinski definition) is 3. The zero-order valence-electron chi connectivity index (χ0n) is 12.4. The van der Waals surface area contributed by atoms with Crippen molar-refractivity contribution in [2.45, 2.75) is 50.9 Å². The summed E-state index contributed by atoms with van der Waals surface area (Å²) in [5.74, 6) is 0. The highest BCUT2D eigenvalue weighted by Gasteiger charge is 2.33. The maximum Gasteiger partial charge on any atom is 0.0747 e. The van der Waals surface area contributed by atoms with Crippen LogP contribution in [-0.2, 0) is 17.6 Å². The number of nitrogens with zero attached hydrogens (tertiary/aromatic N) is 1. The van der Waals surface area contributed by atoms with E-state index in [1.165, 1.54) is 17.5 Å². The Balaban J connectivity index is 1.68. The second-order valence-electron chi connectivity index (χ2n) is 6.17. The molecule has 2 aliphatic heterocycles. The third kappa shape index (κ3) is 2.90. The Labute approximate surface area is 122 Å². The van der Waals surface area contributed by atoms with Gasteiger partial charge in [0, 0.05) is 25.7 Å². The van der Waals surface area contributed by atoms with E-state index in [1.54, 1.807) is 0 Å². The van der Waals surface area contributed by atoms with Gasteiger partial charge < -0.3 is 10.5 Å². The van der Waals surface area contributed by atoms with Crippen molar-refractivity contribution in [3.8, 4) is 0 Å². The Kier molecular flexibility index (Phi) is 4.39. The van der Waals surface area contributed by atoms with Crippen LogP contribution in [0.5, 0.6) is 0 Å². The molecule has 2 heterocycles. The molecule has 3 atom stereocenters. The number of nitrogens with two attached hydrogens (primary N) is 1. The molecule has 1 aromatic carbocycles. The first-order chi connectivity index (χ1) is 9.78. The minimum Gasteiger partial charge on any atom is -0.374 e. The Morgan fingerprint density at radius 3 is 2.35 bits per heavy atom. The van der Waals surface area contributed by atoms with Crippen LogP contribution in [-0.4, -0.2) is 42.8 Å². The number of fused-ring (bicyclic) bond motifs is 1. The fraction of sp³-hybridized carbons (Fsp3) is 0.647. The first-order valence-corrected chi connectivity index (χ1v) is 7.94. The highest BCUT2D eigenvalue weighted by atomic mass is 16.5. The van der Waals surface area contributed by atoms with E-state index >= 15 is 0 Å². The van der Waals surface area contributed by atoms with Crippen LogP contribution >= 0.6 is 0 Å². The standard InChI is InChI=1S/C17H26N2O/c1-13-6-7-17(20-13)16(12-18)19-10-8-14-4-2-3-5-15(14)9-11-19/h2-5,13,16-17H,6-12,18H2,1H3. The van der Waals surface area contributed by atoms with Crippen molar-refractivity contribution in [3.63, 3.8) is 0 Å². The number of benzene rings is 1. The third-order valence-corrected chi connectivity index (χ3v) is 4.86. The van der Waals surface area contributed by atoms with Gasteiger partial charge in [-0.05, 0) is 43.7 Å². The fourth-order valence-corrected chi connectivity index (χ4v) is 3.67. The van der Waals surface area contributed by atoms with Gasteiger partial charge >= 0.3 is 0 Å². The lowest BCUT2D eigenvalue weighted by atomic mass is 10.0. The summed E-state index contributed by atoms with van der Waals surface area (Å²) < 4.78 is 6.06. The second kappa shape index (κ2) is 6.25. The predicted octanol–water partition coefficient (Wildman–Crippen LogP) is 1.98. The molecule has 110 valence electrons. The molecule has 2 N–H and O–H groups in total. The van der Waals surface area contributed by atoms with Gasteiger partial charge in [0.25, 0.3) is 0 Å². The molecule has 0 spiro atoms. The van der Waals surface area contributed by atoms with Gasteiger partial charge in [-0.1, -0.05) is 24.3 Å². The van der Waals surface area contributed by atoms with Crippen LogP contribution in [0, 0.1) is 0 Å². The van der Waals surface area contributed by atoms with E-state index in [0.717, 1.165) is 32.4 Å². The molecule has 0 saturated carbocycles. The molecule has 0 aliphatic carbocycles. The van der Waals surface area contributed by atoms with Gasteiger partial charge in [-0.2, -0.15) is 0 Å². The van der Waals surface area contributed by atoms with Gasteiger partial charge in [-0.25, -0.2) is 0 Å². The summed E-state index contributed by atoms with van der Waals surface area (Å²) in [6, 6.07) is 9.22. The quantitative estimate of drug-likeness (QED) is 0.916. The van der Waals surface area contributed by atoms with Gasteiger partial charge in [0.05, 0.1) is 12.2 Å². The van der Waals surface area contributed by atoms with Crippen molar-refractivity contribution >= 4 is 0 Å². The largest absolute Gasteiger partial charge is 0.374 e. The summed E-state index contributed by atoms with van der Waals surface area (Å²) >= 11 is 0. The lowest BCUT2D eigenvalue weighted by Crippen LogP contribution is -2.49. The van der Waals surface area contributed by atoms with Crippen molar-refractivity contribution in [1.82, 2.24) is 4.90 Å². The van der Waals surface area contributed by atoms with Crippen LogP contribution in [0.25, 0.3) is 0 Å². The molecule has 3 heteroatoms. The van der Waals surface area contributed by atoms with Crippen molar-refractivity contribution in [1.29, 1.82) is 0 Å². The monoisotopic (exact) mass is 274 g/mol. The molecule has 3 unspecified atom stereocenters. The minimum absolute atomic E-state index is 0.330. The van der Waals surface area contributed by atoms with E-state index in [4.69, 9.17) is 10.5 Å². The molecule has 1 fully saturated rings. The van der Waals surface area contributed by atoms with Crippen molar-refractivity contribution < 1.29 is 4.74 Å². The number of ether oxygens (including phenoxy) is 1. The van der Waals surface area contributed by atoms with Crippen LogP contribution in [0.2, 0.25) is 0 Å². The van der Waals surface area contributed by atoms with E-state index in [2.05, 4.69) is 36.1 Å². The molecular weight excluding hydrogens is 248 g/mol. The second-order valence-corrected chi connectivity index (χ2v) is 6.17. The molecule has 20 heavy (non-hydrogen) atoms. The van der Waals surface area contributed by atoms with Crippen LogP contribution in [0.3, 0.4) is 0 Å². The summed E-state index contributed by atoms with van der Waals surface area (Å²) in [6.45, 7) is 5.08. The Morgan fingerprint density at radius 1 is 1.20 bits per heavy atom. The van der Waals surface area contributed by atoms with Gasteiger partial charge in [-0.15, -0.1) is 0 Å². The summed E-state index contributed by atoms with van der Waals surface area (Å²) in [7, 11) is 0. The molecule has 0 radical (unpaired) electrons. The molecule has 1 saturated heterocycles. The minimum atomic E-state index is 0.330. The Morgan fingerprint density at radius 2 is 1.85 bits per heavy atom. The summed E-state index contributed by atoms with van der Waals surface area (Å²) in [6.07, 6.45) is 5.33. The summed E-state index contributed by atoms with van der Waals surface area (Å²) in [5, 5.41) is 0. The molecule has 2 aliphatic rings. The predicted molar refractivity (Wildman–Crippen MR) is 81.8 cm³/mol. The SMILES string of the molecule is CC1CCC(C(CN)N2CCc3ccccc3CC2)O1. The maximum atomic E-state index is 6.06. The highest BCUT2D eigenvalue weighted by Crippen LogP contribution is 2.26. The first kappa shape index (κ1) is 14.1. The van der Waals surface area contributed by atoms with Crippen LogP contribution in [0.15, 0.2) is 24.3 Å². The average molecular weight is 274 g/mol. The fourth-order valence-electron chi connectivity index (χ4n) is 3.67. The summed E-state index contributed by atoms with van der Waals surface area (Å²) in [4.78, 5) is 2.56. The molecule has 3 rings (SSSR count). The zero-order valence-corrected chi connectivity index (χ0v) is 12.4. The highest BCUT2D eigenvalue weighted by molar-refractivity contribution is 5.28. The topological polar surface area (TPSA) is 38.5 Å². The lowest BCUT2D eigenvalue weighted by molar-refractivity contribution is -0.00323. The van der Waals surface area contributed by atoms with Gasteiger partial charge in [-0.3, -0.25) is 4.90 Å². The van der Waals surface area contributed by atoms with E-state index in [9.17, 15) is 0 Å². The van der Waals surface area contributed by atoms with Gasteiger partial charge in [0.1, 0.15) is 0 Å². The van der Waals surface area contributed by atoms with E-state index in [1.807, 2.05) is 0 Å². The first-order valence-electron chi connectivity index (χ1n) is 7.94. The van der Waals surface area contributed by atoms with Crippen molar-refractivity contribution in [2.24, 2.45) is 5.73 Å². The third-order valence-electron chi connectivity index (χ3n) is 4.86. The number of hydrogen-bond donors (Lipinski definition) is 1. The smallest absolute Gasteiger partial charge is 0.0747 e. The zero-order chi connectivity index (χ0) is 13.9. The Hall–Kier alpha value is -0.900. The molecule has 0 amide bonds. The molecule has 0 bridgehead atoms. The van der Waals surface area contributed by atoms with E-state index in [-0.39, 0.29) is 0 Å².